The van der Waals surface area contributed by atoms with Gasteiger partial charge in [0.1, 0.15) is 12.4 Å². The van der Waals surface area contributed by atoms with Gasteiger partial charge in [-0.1, -0.05) is 49.1 Å². The highest BCUT2D eigenvalue weighted by molar-refractivity contribution is 5.73. The van der Waals surface area contributed by atoms with Crippen LogP contribution in [-0.4, -0.2) is 23.6 Å². The van der Waals surface area contributed by atoms with Crippen molar-refractivity contribution in [2.24, 2.45) is 0 Å². The second-order valence-corrected chi connectivity index (χ2v) is 6.94. The summed E-state index contributed by atoms with van der Waals surface area (Å²) in [5.74, 6) is -3.03. The van der Waals surface area contributed by atoms with Gasteiger partial charge in [-0.05, 0) is 46.4 Å². The number of carboxylic acids is 1. The number of aryl methyl sites for hydroxylation is 1. The summed E-state index contributed by atoms with van der Waals surface area (Å²) in [5, 5.41) is 8.73. The molecule has 0 saturated heterocycles. The van der Waals surface area contributed by atoms with Gasteiger partial charge in [0.15, 0.2) is 0 Å². The molecule has 1 aliphatic rings. The van der Waals surface area contributed by atoms with Crippen molar-refractivity contribution in [2.75, 3.05) is 6.61 Å². The maximum Gasteiger partial charge on any atom is 0.303 e. The number of carboxylic acid groups (broad SMARTS) is 1. The van der Waals surface area contributed by atoms with Gasteiger partial charge in [0.2, 0.25) is 0 Å². The predicted molar refractivity (Wildman–Crippen MR) is 106 cm³/mol. The zero-order valence-corrected chi connectivity index (χ0v) is 15.5. The second kappa shape index (κ2) is 8.38. The molecule has 0 amide bonds. The Bertz CT molecular complexity index is 881. The van der Waals surface area contributed by atoms with Crippen molar-refractivity contribution in [3.05, 3.63) is 77.4 Å². The summed E-state index contributed by atoms with van der Waals surface area (Å²) in [6.45, 7) is 3.80. The number of alkyl halides is 2. The molecule has 0 unspecified atom stereocenters. The van der Waals surface area contributed by atoms with Crippen LogP contribution in [0.2, 0.25) is 0 Å². The van der Waals surface area contributed by atoms with Crippen molar-refractivity contribution in [3.63, 3.8) is 0 Å². The van der Waals surface area contributed by atoms with Gasteiger partial charge in [0, 0.05) is 19.3 Å². The maximum absolute atomic E-state index is 14.0. The van der Waals surface area contributed by atoms with Crippen molar-refractivity contribution < 1.29 is 23.4 Å². The fraction of sp³-hybridized carbons (Fsp3) is 0.261. The number of hydrogen-bond donors (Lipinski definition) is 1. The summed E-state index contributed by atoms with van der Waals surface area (Å²) in [5.41, 5.74) is 3.86. The molecular formula is C23H22F2O3. The molecule has 0 saturated carbocycles. The van der Waals surface area contributed by atoms with Crippen LogP contribution in [0.3, 0.4) is 0 Å². The third kappa shape index (κ3) is 5.06. The number of allylic oxidation sites excluding steroid dienone is 1. The first kappa shape index (κ1) is 19.8. The molecule has 0 bridgehead atoms. The average molecular weight is 384 g/mol. The highest BCUT2D eigenvalue weighted by atomic mass is 19.3. The summed E-state index contributed by atoms with van der Waals surface area (Å²) in [6, 6.07) is 14.5. The van der Waals surface area contributed by atoms with E-state index in [0.29, 0.717) is 23.3 Å². The molecule has 2 aromatic carbocycles. The number of rotatable bonds is 8. The van der Waals surface area contributed by atoms with E-state index in [-0.39, 0.29) is 25.9 Å². The van der Waals surface area contributed by atoms with E-state index in [2.05, 4.69) is 6.58 Å². The molecule has 0 aliphatic heterocycles. The third-order valence-corrected chi connectivity index (χ3v) is 4.79. The second-order valence-electron chi connectivity index (χ2n) is 6.94. The topological polar surface area (TPSA) is 46.5 Å². The minimum atomic E-state index is -2.76. The van der Waals surface area contributed by atoms with Crippen molar-refractivity contribution in [2.45, 2.75) is 31.6 Å². The molecular weight excluding hydrogens is 362 g/mol. The molecule has 3 rings (SSSR count). The number of halogens is 2. The molecule has 28 heavy (non-hydrogen) atoms. The lowest BCUT2D eigenvalue weighted by molar-refractivity contribution is -0.136. The molecule has 0 atom stereocenters. The fourth-order valence-electron chi connectivity index (χ4n) is 3.30. The third-order valence-electron chi connectivity index (χ3n) is 4.79. The molecule has 1 N–H and O–H groups in total. The van der Waals surface area contributed by atoms with Crippen molar-refractivity contribution in [1.82, 2.24) is 0 Å². The van der Waals surface area contributed by atoms with Gasteiger partial charge in [0.25, 0.3) is 5.92 Å². The molecule has 146 valence electrons. The van der Waals surface area contributed by atoms with Crippen LogP contribution in [0.15, 0.2) is 60.7 Å². The number of benzene rings is 2. The van der Waals surface area contributed by atoms with E-state index in [1.165, 1.54) is 0 Å². The van der Waals surface area contributed by atoms with E-state index in [9.17, 15) is 13.6 Å². The van der Waals surface area contributed by atoms with Crippen LogP contribution in [0.5, 0.6) is 5.75 Å². The van der Waals surface area contributed by atoms with Crippen LogP contribution in [0.25, 0.3) is 11.6 Å². The van der Waals surface area contributed by atoms with E-state index in [1.807, 2.05) is 24.3 Å². The largest absolute Gasteiger partial charge is 0.489 e. The molecule has 0 fully saturated rings. The smallest absolute Gasteiger partial charge is 0.303 e. The van der Waals surface area contributed by atoms with E-state index < -0.39 is 11.9 Å². The monoisotopic (exact) mass is 384 g/mol. The van der Waals surface area contributed by atoms with Crippen LogP contribution in [-0.2, 0) is 11.2 Å². The van der Waals surface area contributed by atoms with Crippen LogP contribution in [0.4, 0.5) is 8.78 Å². The van der Waals surface area contributed by atoms with Crippen molar-refractivity contribution in [1.29, 1.82) is 0 Å². The number of aliphatic carboxylic acids is 1. The number of hydrogen-bond acceptors (Lipinski definition) is 2. The molecule has 1 aliphatic carbocycles. The zero-order chi connectivity index (χ0) is 20.1. The quantitative estimate of drug-likeness (QED) is 0.644. The molecule has 0 aromatic heterocycles. The van der Waals surface area contributed by atoms with E-state index in [4.69, 9.17) is 9.84 Å². The molecule has 3 nitrogen and oxygen atoms in total. The standard InChI is InChI=1S/C23H22F2O3/c1-2-16-3-8-18(9-4-16)21-14-23(24,25)13-19(21)15-28-20-10-5-17(6-11-20)7-12-22(26)27/h2-6,8-11H,1,7,12-15H2,(H,26,27). The molecule has 0 spiro atoms. The Morgan fingerprint density at radius 2 is 1.79 bits per heavy atom. The highest BCUT2D eigenvalue weighted by Crippen LogP contribution is 2.44. The van der Waals surface area contributed by atoms with Crippen LogP contribution in [0.1, 0.15) is 36.0 Å². The van der Waals surface area contributed by atoms with Gasteiger partial charge in [0.05, 0.1) is 0 Å². The fourth-order valence-corrected chi connectivity index (χ4v) is 3.30. The van der Waals surface area contributed by atoms with Gasteiger partial charge in [-0.3, -0.25) is 4.79 Å². The van der Waals surface area contributed by atoms with Crippen LogP contribution in [0, 0.1) is 0 Å². The Balaban J connectivity index is 1.70. The number of carbonyl (C=O) groups is 1. The first-order valence-electron chi connectivity index (χ1n) is 9.11. The number of ether oxygens (including phenoxy) is 1. The van der Waals surface area contributed by atoms with Gasteiger partial charge in [-0.15, -0.1) is 0 Å². The summed E-state index contributed by atoms with van der Waals surface area (Å²) >= 11 is 0. The Morgan fingerprint density at radius 1 is 1.11 bits per heavy atom. The summed E-state index contributed by atoms with van der Waals surface area (Å²) in [7, 11) is 0. The lowest BCUT2D eigenvalue weighted by Crippen LogP contribution is -2.11. The van der Waals surface area contributed by atoms with Gasteiger partial charge in [-0.25, -0.2) is 8.78 Å². The minimum Gasteiger partial charge on any atom is -0.489 e. The molecule has 0 radical (unpaired) electrons. The first-order chi connectivity index (χ1) is 13.4. The van der Waals surface area contributed by atoms with Crippen LogP contribution >= 0.6 is 0 Å². The zero-order valence-electron chi connectivity index (χ0n) is 15.5. The van der Waals surface area contributed by atoms with Crippen LogP contribution < -0.4 is 4.74 Å². The Labute approximate surface area is 163 Å². The van der Waals surface area contributed by atoms with E-state index in [1.54, 1.807) is 30.3 Å². The summed E-state index contributed by atoms with van der Waals surface area (Å²) < 4.78 is 33.8. The van der Waals surface area contributed by atoms with E-state index in [0.717, 1.165) is 16.7 Å². The van der Waals surface area contributed by atoms with Crippen molar-refractivity contribution >= 4 is 17.6 Å². The molecule has 0 heterocycles. The lowest BCUT2D eigenvalue weighted by Gasteiger charge is -2.11. The predicted octanol–water partition coefficient (Wildman–Crippen LogP) is 5.61. The Kier molecular flexibility index (Phi) is 5.93. The summed E-state index contributed by atoms with van der Waals surface area (Å²) in [6.07, 6.45) is 1.63. The van der Waals surface area contributed by atoms with Gasteiger partial charge < -0.3 is 9.84 Å². The molecule has 5 heteroatoms. The highest BCUT2D eigenvalue weighted by Gasteiger charge is 2.39. The normalized spacial score (nSPS) is 15.5. The minimum absolute atomic E-state index is 0.0657. The van der Waals surface area contributed by atoms with Gasteiger partial charge >= 0.3 is 5.97 Å². The van der Waals surface area contributed by atoms with Gasteiger partial charge in [-0.2, -0.15) is 0 Å². The summed E-state index contributed by atoms with van der Waals surface area (Å²) in [4.78, 5) is 10.6. The lowest BCUT2D eigenvalue weighted by atomic mass is 10.0. The maximum atomic E-state index is 14.0. The van der Waals surface area contributed by atoms with Crippen molar-refractivity contribution in [3.8, 4) is 5.75 Å². The SMILES string of the molecule is C=Cc1ccc(C2=C(COc3ccc(CCC(=O)O)cc3)CC(F)(F)C2)cc1. The molecule has 2 aromatic rings. The first-order valence-corrected chi connectivity index (χ1v) is 9.11. The average Bonchev–Trinajstić information content (AvgIpc) is 3.00. The Morgan fingerprint density at radius 3 is 2.39 bits per heavy atom. The Hall–Kier alpha value is -2.95. The van der Waals surface area contributed by atoms with E-state index >= 15 is 0 Å².